The topological polar surface area (TPSA) is 0 Å². The van der Waals surface area contributed by atoms with Crippen molar-refractivity contribution in [3.05, 3.63) is 0 Å². The van der Waals surface area contributed by atoms with Gasteiger partial charge in [0.05, 0.1) is 0 Å². The Kier molecular flexibility index (Phi) is 3.18. The van der Waals surface area contributed by atoms with Crippen LogP contribution in [0.1, 0.15) is 34.1 Å². The molecule has 0 N–H and O–H groups in total. The maximum atomic E-state index is 2.57. The molecule has 11 heavy (non-hydrogen) atoms. The predicted molar refractivity (Wildman–Crippen MR) is 62.7 cm³/mol. The van der Waals surface area contributed by atoms with Crippen LogP contribution in [0.2, 0.25) is 0 Å². The number of hydrogen-bond donors (Lipinski definition) is 0. The first-order chi connectivity index (χ1) is 4.90. The highest BCUT2D eigenvalue weighted by molar-refractivity contribution is 14.1. The minimum absolute atomic E-state index is 0.443. The molecule has 0 heterocycles. The van der Waals surface area contributed by atoms with Crippen molar-refractivity contribution in [3.63, 3.8) is 0 Å². The Hall–Kier alpha value is 1.08. The van der Waals surface area contributed by atoms with Crippen LogP contribution in [-0.2, 0) is 0 Å². The number of alkyl halides is 1. The van der Waals surface area contributed by atoms with Crippen LogP contribution in [0.25, 0.3) is 0 Å². The standard InChI is InChI=1S/C9H17IS/c1-6(7-5-8(7)10)11-9(2,3)4/h6-8H,5H2,1-4H3/t6-,7+,8+/m1/s1. The van der Waals surface area contributed by atoms with Gasteiger partial charge in [0.2, 0.25) is 0 Å². The van der Waals surface area contributed by atoms with E-state index in [0.29, 0.717) is 4.75 Å². The molecule has 2 heteroatoms. The van der Waals surface area contributed by atoms with Crippen molar-refractivity contribution in [1.29, 1.82) is 0 Å². The smallest absolute Gasteiger partial charge is 0.0152 e. The first-order valence-electron chi connectivity index (χ1n) is 4.22. The lowest BCUT2D eigenvalue weighted by Crippen LogP contribution is -2.15. The Morgan fingerprint density at radius 3 is 2.18 bits per heavy atom. The summed E-state index contributed by atoms with van der Waals surface area (Å²) in [7, 11) is 0. The van der Waals surface area contributed by atoms with E-state index < -0.39 is 0 Å². The van der Waals surface area contributed by atoms with Gasteiger partial charge in [-0.3, -0.25) is 0 Å². The molecule has 1 rings (SSSR count). The van der Waals surface area contributed by atoms with Gasteiger partial charge in [-0.25, -0.2) is 0 Å². The molecule has 1 fully saturated rings. The molecule has 0 unspecified atom stereocenters. The largest absolute Gasteiger partial charge is 0.153 e. The third-order valence-corrected chi connectivity index (χ3v) is 4.76. The summed E-state index contributed by atoms with van der Waals surface area (Å²) in [5, 5.41) is 0.858. The molecule has 0 aliphatic heterocycles. The summed E-state index contributed by atoms with van der Waals surface area (Å²) >= 11 is 4.70. The van der Waals surface area contributed by atoms with E-state index in [-0.39, 0.29) is 0 Å². The normalized spacial score (nSPS) is 33.5. The Labute approximate surface area is 88.0 Å². The van der Waals surface area contributed by atoms with Crippen molar-refractivity contribution >= 4 is 34.4 Å². The van der Waals surface area contributed by atoms with E-state index >= 15 is 0 Å². The van der Waals surface area contributed by atoms with Gasteiger partial charge in [0.15, 0.2) is 0 Å². The second-order valence-electron chi connectivity index (χ2n) is 4.35. The highest BCUT2D eigenvalue weighted by Gasteiger charge is 2.40. The van der Waals surface area contributed by atoms with Gasteiger partial charge in [0.1, 0.15) is 0 Å². The van der Waals surface area contributed by atoms with Gasteiger partial charge >= 0.3 is 0 Å². The summed E-state index contributed by atoms with van der Waals surface area (Å²) in [5.41, 5.74) is 0. The fraction of sp³-hybridized carbons (Fsp3) is 1.00. The van der Waals surface area contributed by atoms with Crippen LogP contribution in [-0.4, -0.2) is 13.9 Å². The first kappa shape index (κ1) is 10.2. The maximum absolute atomic E-state index is 2.57. The molecule has 0 aromatic rings. The first-order valence-corrected chi connectivity index (χ1v) is 6.34. The fourth-order valence-electron chi connectivity index (χ4n) is 1.31. The van der Waals surface area contributed by atoms with Crippen molar-refractivity contribution in [2.75, 3.05) is 0 Å². The molecule has 1 aliphatic rings. The number of rotatable bonds is 2. The van der Waals surface area contributed by atoms with Crippen LogP contribution in [0, 0.1) is 5.92 Å². The molecule has 0 spiro atoms. The lowest BCUT2D eigenvalue weighted by Gasteiger charge is -2.22. The van der Waals surface area contributed by atoms with Gasteiger partial charge in [-0.2, -0.15) is 11.8 Å². The van der Waals surface area contributed by atoms with Gasteiger partial charge in [-0.1, -0.05) is 50.3 Å². The second kappa shape index (κ2) is 3.44. The highest BCUT2D eigenvalue weighted by Crippen LogP contribution is 2.47. The highest BCUT2D eigenvalue weighted by atomic mass is 127. The number of halogens is 1. The monoisotopic (exact) mass is 284 g/mol. The third-order valence-electron chi connectivity index (χ3n) is 1.90. The van der Waals surface area contributed by atoms with Gasteiger partial charge in [0.25, 0.3) is 0 Å². The molecule has 0 aromatic carbocycles. The zero-order valence-corrected chi connectivity index (χ0v) is 10.7. The summed E-state index contributed by atoms with van der Waals surface area (Å²) in [6.45, 7) is 9.29. The van der Waals surface area contributed by atoms with E-state index in [1.54, 1.807) is 0 Å². The predicted octanol–water partition coefficient (Wildman–Crippen LogP) is 3.73. The minimum Gasteiger partial charge on any atom is -0.153 e. The quantitative estimate of drug-likeness (QED) is 0.550. The zero-order valence-electron chi connectivity index (χ0n) is 7.73. The SMILES string of the molecule is C[C@@H](SC(C)(C)C)[C@@H]1C[C@@H]1I. The van der Waals surface area contributed by atoms with Gasteiger partial charge in [-0.05, 0) is 12.3 Å². The van der Waals surface area contributed by atoms with Crippen LogP contribution in [0.5, 0.6) is 0 Å². The third kappa shape index (κ3) is 3.53. The Balaban J connectivity index is 2.27. The van der Waals surface area contributed by atoms with E-state index in [1.807, 2.05) is 0 Å². The summed E-state index contributed by atoms with van der Waals surface area (Å²) < 4.78 is 1.41. The van der Waals surface area contributed by atoms with Gasteiger partial charge in [0, 0.05) is 13.9 Å². The molecule has 0 aromatic heterocycles. The van der Waals surface area contributed by atoms with E-state index in [4.69, 9.17) is 0 Å². The van der Waals surface area contributed by atoms with E-state index in [2.05, 4.69) is 62.0 Å². The van der Waals surface area contributed by atoms with Crippen LogP contribution in [0.15, 0.2) is 0 Å². The van der Waals surface area contributed by atoms with E-state index in [1.165, 1.54) is 6.42 Å². The maximum Gasteiger partial charge on any atom is 0.0152 e. The van der Waals surface area contributed by atoms with E-state index in [0.717, 1.165) is 15.1 Å². The molecular weight excluding hydrogens is 267 g/mol. The molecule has 0 nitrogen and oxygen atoms in total. The number of thioether (sulfide) groups is 1. The number of hydrogen-bond acceptors (Lipinski definition) is 1. The second-order valence-corrected chi connectivity index (χ2v) is 8.15. The van der Waals surface area contributed by atoms with Crippen LogP contribution in [0.4, 0.5) is 0 Å². The average Bonchev–Trinajstić information content (AvgIpc) is 2.41. The molecule has 1 saturated carbocycles. The Morgan fingerprint density at radius 2 is 1.91 bits per heavy atom. The van der Waals surface area contributed by atoms with Gasteiger partial charge in [-0.15, -0.1) is 0 Å². The molecule has 0 saturated heterocycles. The summed E-state index contributed by atoms with van der Waals surface area (Å²) in [6.07, 6.45) is 1.45. The average molecular weight is 284 g/mol. The molecule has 0 bridgehead atoms. The van der Waals surface area contributed by atoms with Crippen molar-refractivity contribution in [2.45, 2.75) is 48.0 Å². The molecule has 0 radical (unpaired) electrons. The van der Waals surface area contributed by atoms with E-state index in [9.17, 15) is 0 Å². The fourth-order valence-corrected chi connectivity index (χ4v) is 4.39. The van der Waals surface area contributed by atoms with Crippen molar-refractivity contribution in [3.8, 4) is 0 Å². The zero-order chi connectivity index (χ0) is 8.65. The van der Waals surface area contributed by atoms with Crippen LogP contribution < -0.4 is 0 Å². The molecule has 1 aliphatic carbocycles. The van der Waals surface area contributed by atoms with Crippen LogP contribution in [0.3, 0.4) is 0 Å². The Bertz CT molecular complexity index is 139. The summed E-state index contributed by atoms with van der Waals surface area (Å²) in [6, 6.07) is 0. The molecule has 3 atom stereocenters. The molecule has 66 valence electrons. The lowest BCUT2D eigenvalue weighted by atomic mass is 10.3. The van der Waals surface area contributed by atoms with Crippen molar-refractivity contribution in [1.82, 2.24) is 0 Å². The van der Waals surface area contributed by atoms with Crippen LogP contribution >= 0.6 is 34.4 Å². The van der Waals surface area contributed by atoms with Crippen molar-refractivity contribution in [2.24, 2.45) is 5.92 Å². The molecular formula is C9H17IS. The minimum atomic E-state index is 0.443. The lowest BCUT2D eigenvalue weighted by molar-refractivity contribution is 0.762. The Morgan fingerprint density at radius 1 is 1.45 bits per heavy atom. The summed E-state index contributed by atoms with van der Waals surface area (Å²) in [5.74, 6) is 1.000. The summed E-state index contributed by atoms with van der Waals surface area (Å²) in [4.78, 5) is 0. The van der Waals surface area contributed by atoms with Gasteiger partial charge < -0.3 is 0 Å². The molecule has 0 amide bonds. The van der Waals surface area contributed by atoms with Crippen molar-refractivity contribution < 1.29 is 0 Å².